The molecule has 0 saturated heterocycles. The van der Waals surface area contributed by atoms with Crippen molar-refractivity contribution in [2.75, 3.05) is 20.4 Å². The summed E-state index contributed by atoms with van der Waals surface area (Å²) in [5, 5.41) is 17.9. The molecule has 0 saturated carbocycles. The molecule has 3 nitrogen and oxygen atoms in total. The highest BCUT2D eigenvalue weighted by Gasteiger charge is 1.95. The lowest BCUT2D eigenvalue weighted by Crippen LogP contribution is -2.07. The molecule has 0 aliphatic carbocycles. The van der Waals surface area contributed by atoms with E-state index in [1.165, 1.54) is 6.08 Å². The SMILES string of the molecule is CS/C(=C/C=C(C#N)C#N)N(C)C. The van der Waals surface area contributed by atoms with Crippen LogP contribution < -0.4 is 0 Å². The summed E-state index contributed by atoms with van der Waals surface area (Å²) in [6, 6.07) is 3.60. The van der Waals surface area contributed by atoms with Gasteiger partial charge in [-0.05, 0) is 18.4 Å². The third-order valence-electron chi connectivity index (χ3n) is 1.28. The van der Waals surface area contributed by atoms with Crippen molar-refractivity contribution < 1.29 is 0 Å². The molecule has 0 spiro atoms. The van der Waals surface area contributed by atoms with E-state index in [1.807, 2.05) is 25.3 Å². The molecule has 0 N–H and O–H groups in total. The van der Waals surface area contributed by atoms with Crippen LogP contribution >= 0.6 is 11.8 Å². The smallest absolute Gasteiger partial charge is 0.129 e. The number of rotatable bonds is 3. The third-order valence-corrected chi connectivity index (χ3v) is 2.20. The fraction of sp³-hybridized carbons (Fsp3) is 0.333. The Bertz CT molecular complexity index is 286. The normalized spacial score (nSPS) is 9.77. The van der Waals surface area contributed by atoms with Crippen molar-refractivity contribution in [1.29, 1.82) is 10.5 Å². The number of nitrogens with zero attached hydrogens (tertiary/aromatic N) is 3. The van der Waals surface area contributed by atoms with Gasteiger partial charge in [0.25, 0.3) is 0 Å². The Labute approximate surface area is 82.9 Å². The molecule has 0 rings (SSSR count). The fourth-order valence-electron chi connectivity index (χ4n) is 0.654. The van der Waals surface area contributed by atoms with Gasteiger partial charge in [0.2, 0.25) is 0 Å². The van der Waals surface area contributed by atoms with Crippen LogP contribution in [-0.2, 0) is 0 Å². The lowest BCUT2D eigenvalue weighted by molar-refractivity contribution is 0.550. The molecule has 0 aromatic carbocycles. The van der Waals surface area contributed by atoms with Gasteiger partial charge in [0.05, 0.1) is 5.03 Å². The van der Waals surface area contributed by atoms with Crippen molar-refractivity contribution in [3.63, 3.8) is 0 Å². The maximum atomic E-state index is 8.46. The predicted octanol–water partition coefficient (Wildman–Crippen LogP) is 1.73. The van der Waals surface area contributed by atoms with Crippen LogP contribution in [0.25, 0.3) is 0 Å². The molecule has 68 valence electrons. The van der Waals surface area contributed by atoms with Crippen LogP contribution in [0.3, 0.4) is 0 Å². The lowest BCUT2D eigenvalue weighted by atomic mass is 10.3. The summed E-state index contributed by atoms with van der Waals surface area (Å²) in [4.78, 5) is 1.92. The number of hydrogen-bond donors (Lipinski definition) is 0. The molecule has 0 heterocycles. The van der Waals surface area contributed by atoms with Crippen LogP contribution in [0.15, 0.2) is 22.8 Å². The number of hydrogen-bond acceptors (Lipinski definition) is 4. The Kier molecular flexibility index (Phi) is 5.50. The van der Waals surface area contributed by atoms with E-state index in [0.717, 1.165) is 5.03 Å². The predicted molar refractivity (Wildman–Crippen MR) is 54.6 cm³/mol. The van der Waals surface area contributed by atoms with Crippen molar-refractivity contribution in [1.82, 2.24) is 4.90 Å². The van der Waals surface area contributed by atoms with Gasteiger partial charge in [-0.3, -0.25) is 0 Å². The summed E-state index contributed by atoms with van der Waals surface area (Å²) >= 11 is 1.56. The summed E-state index contributed by atoms with van der Waals surface area (Å²) in [5.74, 6) is 0. The molecular formula is C9H11N3S. The first-order chi connectivity index (χ1) is 6.15. The quantitative estimate of drug-likeness (QED) is 0.506. The Balaban J connectivity index is 4.67. The van der Waals surface area contributed by atoms with E-state index in [4.69, 9.17) is 10.5 Å². The summed E-state index contributed by atoms with van der Waals surface area (Å²) in [5.41, 5.74) is 0.119. The van der Waals surface area contributed by atoms with Crippen LogP contribution in [0.1, 0.15) is 0 Å². The minimum atomic E-state index is 0.119. The molecule has 0 aromatic rings. The summed E-state index contributed by atoms with van der Waals surface area (Å²) in [6.07, 6.45) is 5.22. The second kappa shape index (κ2) is 6.16. The number of nitriles is 2. The van der Waals surface area contributed by atoms with Gasteiger partial charge in [0.1, 0.15) is 17.7 Å². The van der Waals surface area contributed by atoms with E-state index in [2.05, 4.69) is 0 Å². The van der Waals surface area contributed by atoms with Crippen molar-refractivity contribution in [2.45, 2.75) is 0 Å². The van der Waals surface area contributed by atoms with E-state index in [-0.39, 0.29) is 5.57 Å². The molecule has 0 fully saturated rings. The van der Waals surface area contributed by atoms with Gasteiger partial charge in [-0.25, -0.2) is 0 Å². The monoisotopic (exact) mass is 193 g/mol. The second-order valence-electron chi connectivity index (χ2n) is 2.41. The first kappa shape index (κ1) is 11.6. The van der Waals surface area contributed by atoms with E-state index < -0.39 is 0 Å². The van der Waals surface area contributed by atoms with Crippen LogP contribution in [0.2, 0.25) is 0 Å². The van der Waals surface area contributed by atoms with Gasteiger partial charge in [-0.15, -0.1) is 11.8 Å². The molecule has 0 atom stereocenters. The van der Waals surface area contributed by atoms with Crippen molar-refractivity contribution in [3.05, 3.63) is 22.8 Å². The second-order valence-corrected chi connectivity index (χ2v) is 3.23. The lowest BCUT2D eigenvalue weighted by Gasteiger charge is -2.13. The molecule has 0 aliphatic heterocycles. The summed E-state index contributed by atoms with van der Waals surface area (Å²) < 4.78 is 0. The fourth-order valence-corrected chi connectivity index (χ4v) is 1.22. The Morgan fingerprint density at radius 2 is 1.77 bits per heavy atom. The van der Waals surface area contributed by atoms with Crippen molar-refractivity contribution >= 4 is 11.8 Å². The molecular weight excluding hydrogens is 182 g/mol. The van der Waals surface area contributed by atoms with Crippen molar-refractivity contribution in [2.24, 2.45) is 0 Å². The molecule has 0 amide bonds. The Morgan fingerprint density at radius 3 is 2.08 bits per heavy atom. The van der Waals surface area contributed by atoms with Gasteiger partial charge in [-0.2, -0.15) is 10.5 Å². The third kappa shape index (κ3) is 4.25. The highest BCUT2D eigenvalue weighted by molar-refractivity contribution is 8.02. The first-order valence-electron chi connectivity index (χ1n) is 3.59. The minimum absolute atomic E-state index is 0.119. The van der Waals surface area contributed by atoms with Crippen LogP contribution in [-0.4, -0.2) is 25.3 Å². The van der Waals surface area contributed by atoms with Gasteiger partial charge in [0, 0.05) is 14.1 Å². The Morgan fingerprint density at radius 1 is 1.23 bits per heavy atom. The highest BCUT2D eigenvalue weighted by Crippen LogP contribution is 2.13. The molecule has 0 radical (unpaired) electrons. The minimum Gasteiger partial charge on any atom is -0.373 e. The topological polar surface area (TPSA) is 50.8 Å². The van der Waals surface area contributed by atoms with E-state index in [1.54, 1.807) is 30.0 Å². The van der Waals surface area contributed by atoms with Crippen LogP contribution in [0.5, 0.6) is 0 Å². The van der Waals surface area contributed by atoms with Gasteiger partial charge < -0.3 is 4.90 Å². The maximum absolute atomic E-state index is 8.46. The number of thioether (sulfide) groups is 1. The zero-order valence-corrected chi connectivity index (χ0v) is 8.72. The van der Waals surface area contributed by atoms with E-state index >= 15 is 0 Å². The first-order valence-corrected chi connectivity index (χ1v) is 4.81. The van der Waals surface area contributed by atoms with Crippen molar-refractivity contribution in [3.8, 4) is 12.1 Å². The molecule has 4 heteroatoms. The molecule has 13 heavy (non-hydrogen) atoms. The molecule has 0 bridgehead atoms. The zero-order chi connectivity index (χ0) is 10.3. The van der Waals surface area contributed by atoms with E-state index in [9.17, 15) is 0 Å². The van der Waals surface area contributed by atoms with Gasteiger partial charge >= 0.3 is 0 Å². The standard InChI is InChI=1S/C9H11N3S/c1-12(2)9(13-3)5-4-8(6-10)7-11/h4-5H,1-3H3/b9-5+. The summed E-state index contributed by atoms with van der Waals surface area (Å²) in [6.45, 7) is 0. The number of allylic oxidation sites excluding steroid dienone is 3. The Hall–Kier alpha value is -1.39. The van der Waals surface area contributed by atoms with Crippen LogP contribution in [0.4, 0.5) is 0 Å². The summed E-state index contributed by atoms with van der Waals surface area (Å²) in [7, 11) is 3.82. The molecule has 0 aliphatic rings. The molecule has 0 aromatic heterocycles. The largest absolute Gasteiger partial charge is 0.373 e. The van der Waals surface area contributed by atoms with Gasteiger partial charge in [0.15, 0.2) is 0 Å². The molecule has 0 unspecified atom stereocenters. The van der Waals surface area contributed by atoms with Crippen LogP contribution in [0, 0.1) is 22.7 Å². The van der Waals surface area contributed by atoms with Gasteiger partial charge in [-0.1, -0.05) is 0 Å². The van der Waals surface area contributed by atoms with E-state index in [0.29, 0.717) is 0 Å². The average Bonchev–Trinajstić information content (AvgIpc) is 2.12. The maximum Gasteiger partial charge on any atom is 0.129 e. The zero-order valence-electron chi connectivity index (χ0n) is 7.90. The average molecular weight is 193 g/mol. The highest BCUT2D eigenvalue weighted by atomic mass is 32.2.